The average molecular weight is 378 g/mol. The fourth-order valence-electron chi connectivity index (χ4n) is 6.89. The van der Waals surface area contributed by atoms with Gasteiger partial charge in [-0.05, 0) is 67.4 Å². The zero-order valence-corrected chi connectivity index (χ0v) is 15.8. The molecule has 5 aliphatic rings. The third-order valence-electron chi connectivity index (χ3n) is 7.72. The molecule has 1 aromatic rings. The molecule has 1 aromatic carbocycles. The molecule has 2 nitrogen and oxygen atoms in total. The van der Waals surface area contributed by atoms with Crippen molar-refractivity contribution < 1.29 is 13.2 Å². The smallest absolute Gasteiger partial charge is 0.297 e. The predicted molar refractivity (Wildman–Crippen MR) is 99.1 cm³/mol. The van der Waals surface area contributed by atoms with Crippen LogP contribution in [0.2, 0.25) is 0 Å². The Balaban J connectivity index is 1.22. The highest BCUT2D eigenvalue weighted by molar-refractivity contribution is 5.29. The molecule has 1 aliphatic heterocycles. The van der Waals surface area contributed by atoms with Gasteiger partial charge in [-0.2, -0.15) is 13.2 Å². The SMILES string of the molecule is FC(F)(F)c1ccccc1CN1CCN(C2C3CC4CC(C3)CC2C4)CC1. The van der Waals surface area contributed by atoms with Crippen LogP contribution < -0.4 is 0 Å². The molecule has 27 heavy (non-hydrogen) atoms. The summed E-state index contributed by atoms with van der Waals surface area (Å²) in [7, 11) is 0. The molecule has 0 N–H and O–H groups in total. The minimum atomic E-state index is -4.27. The van der Waals surface area contributed by atoms with E-state index in [-0.39, 0.29) is 0 Å². The van der Waals surface area contributed by atoms with Crippen LogP contribution in [0.15, 0.2) is 24.3 Å². The minimum absolute atomic E-state index is 0.408. The van der Waals surface area contributed by atoms with Gasteiger partial charge in [0, 0.05) is 38.8 Å². The molecule has 0 aromatic heterocycles. The molecular weight excluding hydrogens is 349 g/mol. The molecule has 1 saturated heterocycles. The summed E-state index contributed by atoms with van der Waals surface area (Å²) >= 11 is 0. The van der Waals surface area contributed by atoms with Gasteiger partial charge in [0.15, 0.2) is 0 Å². The van der Waals surface area contributed by atoms with Crippen molar-refractivity contribution in [3.63, 3.8) is 0 Å². The number of alkyl halides is 3. The topological polar surface area (TPSA) is 6.48 Å². The van der Waals surface area contributed by atoms with Crippen LogP contribution in [0.3, 0.4) is 0 Å². The van der Waals surface area contributed by atoms with Crippen molar-refractivity contribution in [1.82, 2.24) is 9.80 Å². The first kappa shape index (κ1) is 18.0. The maximum atomic E-state index is 13.2. The fourth-order valence-corrected chi connectivity index (χ4v) is 6.89. The fraction of sp³-hybridized carbons (Fsp3) is 0.727. The van der Waals surface area contributed by atoms with Crippen LogP contribution in [-0.4, -0.2) is 42.0 Å². The Morgan fingerprint density at radius 2 is 1.41 bits per heavy atom. The monoisotopic (exact) mass is 378 g/mol. The molecule has 4 saturated carbocycles. The van der Waals surface area contributed by atoms with Crippen LogP contribution in [0.4, 0.5) is 13.2 Å². The van der Waals surface area contributed by atoms with E-state index in [1.807, 2.05) is 0 Å². The van der Waals surface area contributed by atoms with Crippen molar-refractivity contribution in [2.75, 3.05) is 26.2 Å². The summed E-state index contributed by atoms with van der Waals surface area (Å²) in [6.07, 6.45) is 2.92. The van der Waals surface area contributed by atoms with Gasteiger partial charge in [-0.1, -0.05) is 18.2 Å². The lowest BCUT2D eigenvalue weighted by molar-refractivity contribution is -0.138. The highest BCUT2D eigenvalue weighted by Gasteiger charge is 2.50. The van der Waals surface area contributed by atoms with Crippen LogP contribution in [0.25, 0.3) is 0 Å². The van der Waals surface area contributed by atoms with E-state index in [1.54, 1.807) is 12.1 Å². The summed E-state index contributed by atoms with van der Waals surface area (Å²) in [4.78, 5) is 4.90. The molecule has 0 spiro atoms. The zero-order valence-electron chi connectivity index (χ0n) is 15.8. The molecule has 5 fully saturated rings. The largest absolute Gasteiger partial charge is 0.416 e. The molecule has 0 unspecified atom stereocenters. The van der Waals surface area contributed by atoms with Crippen molar-refractivity contribution in [2.24, 2.45) is 23.7 Å². The second-order valence-corrected chi connectivity index (χ2v) is 9.39. The Kier molecular flexibility index (Phi) is 4.51. The van der Waals surface area contributed by atoms with Crippen LogP contribution in [0.5, 0.6) is 0 Å². The second kappa shape index (κ2) is 6.77. The summed E-state index contributed by atoms with van der Waals surface area (Å²) in [5.41, 5.74) is -0.0680. The van der Waals surface area contributed by atoms with E-state index in [9.17, 15) is 13.2 Å². The number of benzene rings is 1. The number of hydrogen-bond acceptors (Lipinski definition) is 2. The third-order valence-corrected chi connectivity index (χ3v) is 7.72. The molecule has 6 rings (SSSR count). The molecule has 4 aliphatic carbocycles. The Bertz CT molecular complexity index is 650. The van der Waals surface area contributed by atoms with Gasteiger partial charge in [-0.15, -0.1) is 0 Å². The lowest BCUT2D eigenvalue weighted by Gasteiger charge is -2.58. The Morgan fingerprint density at radius 3 is 2.00 bits per heavy atom. The highest BCUT2D eigenvalue weighted by Crippen LogP contribution is 2.55. The summed E-state index contributed by atoms with van der Waals surface area (Å²) in [5.74, 6) is 3.75. The van der Waals surface area contributed by atoms with Gasteiger partial charge in [-0.3, -0.25) is 9.80 Å². The third kappa shape index (κ3) is 3.42. The number of rotatable bonds is 3. The quantitative estimate of drug-likeness (QED) is 0.756. The first-order valence-corrected chi connectivity index (χ1v) is 10.6. The Morgan fingerprint density at radius 1 is 0.815 bits per heavy atom. The molecule has 4 bridgehead atoms. The summed E-state index contributed by atoms with van der Waals surface area (Å²) in [6, 6.07) is 6.79. The van der Waals surface area contributed by atoms with Crippen LogP contribution in [-0.2, 0) is 12.7 Å². The highest BCUT2D eigenvalue weighted by atomic mass is 19.4. The van der Waals surface area contributed by atoms with Crippen molar-refractivity contribution in [3.8, 4) is 0 Å². The summed E-state index contributed by atoms with van der Waals surface area (Å²) in [5, 5.41) is 0. The van der Waals surface area contributed by atoms with Gasteiger partial charge in [0.2, 0.25) is 0 Å². The molecular formula is C22H29F3N2. The average Bonchev–Trinajstić information content (AvgIpc) is 2.62. The number of piperazine rings is 1. The lowest BCUT2D eigenvalue weighted by atomic mass is 9.54. The van der Waals surface area contributed by atoms with E-state index >= 15 is 0 Å². The van der Waals surface area contributed by atoms with E-state index in [0.29, 0.717) is 12.1 Å². The normalized spacial score (nSPS) is 37.1. The minimum Gasteiger partial charge on any atom is -0.297 e. The van der Waals surface area contributed by atoms with E-state index in [4.69, 9.17) is 0 Å². The van der Waals surface area contributed by atoms with E-state index in [0.717, 1.165) is 55.9 Å². The van der Waals surface area contributed by atoms with Crippen molar-refractivity contribution in [3.05, 3.63) is 35.4 Å². The second-order valence-electron chi connectivity index (χ2n) is 9.39. The summed E-state index contributed by atoms with van der Waals surface area (Å²) in [6.45, 7) is 4.21. The number of halogens is 3. The molecule has 1 heterocycles. The standard InChI is InChI=1S/C22H29F3N2/c23-22(24,25)20-4-2-1-3-17(20)14-26-5-7-27(8-6-26)21-18-10-15-9-16(12-18)13-19(21)11-15/h1-4,15-16,18-19,21H,5-14H2. The van der Waals surface area contributed by atoms with Crippen LogP contribution in [0, 0.1) is 23.7 Å². The van der Waals surface area contributed by atoms with E-state index in [2.05, 4.69) is 9.80 Å². The van der Waals surface area contributed by atoms with Crippen molar-refractivity contribution in [1.29, 1.82) is 0 Å². The molecule has 0 amide bonds. The van der Waals surface area contributed by atoms with Gasteiger partial charge < -0.3 is 0 Å². The Hall–Kier alpha value is -1.07. The van der Waals surface area contributed by atoms with Gasteiger partial charge >= 0.3 is 6.18 Å². The maximum absolute atomic E-state index is 13.2. The van der Waals surface area contributed by atoms with Gasteiger partial charge in [0.25, 0.3) is 0 Å². The first-order chi connectivity index (χ1) is 13.0. The van der Waals surface area contributed by atoms with E-state index in [1.165, 1.54) is 44.2 Å². The lowest BCUT2D eigenvalue weighted by Crippen LogP contribution is -2.60. The molecule has 148 valence electrons. The number of hydrogen-bond donors (Lipinski definition) is 0. The van der Waals surface area contributed by atoms with Crippen molar-refractivity contribution in [2.45, 2.75) is 50.9 Å². The molecule has 0 atom stereocenters. The van der Waals surface area contributed by atoms with Gasteiger partial charge in [0.05, 0.1) is 5.56 Å². The van der Waals surface area contributed by atoms with Crippen molar-refractivity contribution >= 4 is 0 Å². The Labute approximate surface area is 159 Å². The van der Waals surface area contributed by atoms with E-state index < -0.39 is 11.7 Å². The summed E-state index contributed by atoms with van der Waals surface area (Å²) < 4.78 is 39.7. The number of nitrogens with zero attached hydrogens (tertiary/aromatic N) is 2. The molecule has 0 radical (unpaired) electrons. The predicted octanol–water partition coefficient (Wildman–Crippen LogP) is 4.65. The first-order valence-electron chi connectivity index (χ1n) is 10.6. The maximum Gasteiger partial charge on any atom is 0.416 e. The van der Waals surface area contributed by atoms with Gasteiger partial charge in [-0.25, -0.2) is 0 Å². The van der Waals surface area contributed by atoms with Crippen LogP contribution >= 0.6 is 0 Å². The van der Waals surface area contributed by atoms with Crippen LogP contribution in [0.1, 0.15) is 43.2 Å². The molecule has 5 heteroatoms. The zero-order chi connectivity index (χ0) is 18.6. The van der Waals surface area contributed by atoms with Gasteiger partial charge in [0.1, 0.15) is 0 Å².